The lowest BCUT2D eigenvalue weighted by molar-refractivity contribution is -0.130. The van der Waals surface area contributed by atoms with Crippen molar-refractivity contribution in [3.63, 3.8) is 0 Å². The number of nitrogens with zero attached hydrogens (tertiary/aromatic N) is 2. The molecule has 94 valence electrons. The summed E-state index contributed by atoms with van der Waals surface area (Å²) in [5.74, 6) is 0.584. The summed E-state index contributed by atoms with van der Waals surface area (Å²) in [5, 5.41) is 3.02. The van der Waals surface area contributed by atoms with Gasteiger partial charge in [-0.05, 0) is 26.1 Å². The molecule has 1 aromatic rings. The highest BCUT2D eigenvalue weighted by Gasteiger charge is 2.09. The molecule has 0 unspecified atom stereocenters. The number of amides is 1. The van der Waals surface area contributed by atoms with Crippen LogP contribution in [0.2, 0.25) is 0 Å². The quantitative estimate of drug-likeness (QED) is 0.813. The van der Waals surface area contributed by atoms with Crippen LogP contribution in [0.25, 0.3) is 0 Å². The van der Waals surface area contributed by atoms with Gasteiger partial charge in [-0.25, -0.2) is 0 Å². The van der Waals surface area contributed by atoms with Crippen LogP contribution in [0.15, 0.2) is 12.1 Å². The molecule has 0 aliphatic carbocycles. The van der Waals surface area contributed by atoms with E-state index in [9.17, 15) is 4.79 Å². The standard InChI is InChI=1S/C12H19N3O2/c1-9-5-6-11(10(14-9)7-13-2)17-8-12(16)15(3)4/h5-6,13H,7-8H2,1-4H3. The lowest BCUT2D eigenvalue weighted by atomic mass is 10.3. The fourth-order valence-electron chi connectivity index (χ4n) is 1.29. The van der Waals surface area contributed by atoms with Crippen molar-refractivity contribution in [1.29, 1.82) is 0 Å². The number of nitrogens with one attached hydrogen (secondary N) is 1. The Kier molecular flexibility index (Phi) is 4.90. The van der Waals surface area contributed by atoms with Gasteiger partial charge in [-0.15, -0.1) is 0 Å². The van der Waals surface area contributed by atoms with E-state index in [4.69, 9.17) is 4.74 Å². The van der Waals surface area contributed by atoms with Crippen molar-refractivity contribution in [2.75, 3.05) is 27.7 Å². The molecule has 0 atom stereocenters. The van der Waals surface area contributed by atoms with Crippen molar-refractivity contribution in [3.8, 4) is 5.75 Å². The van der Waals surface area contributed by atoms with Crippen molar-refractivity contribution in [1.82, 2.24) is 15.2 Å². The van der Waals surface area contributed by atoms with E-state index in [2.05, 4.69) is 10.3 Å². The molecule has 17 heavy (non-hydrogen) atoms. The van der Waals surface area contributed by atoms with E-state index in [-0.39, 0.29) is 12.5 Å². The third-order valence-corrected chi connectivity index (χ3v) is 2.27. The molecule has 0 spiro atoms. The summed E-state index contributed by atoms with van der Waals surface area (Å²) in [5.41, 5.74) is 1.75. The van der Waals surface area contributed by atoms with Gasteiger partial charge in [0.25, 0.3) is 5.91 Å². The molecule has 1 amide bonds. The number of aryl methyl sites for hydroxylation is 1. The van der Waals surface area contributed by atoms with Gasteiger partial charge in [0.1, 0.15) is 5.75 Å². The van der Waals surface area contributed by atoms with E-state index in [1.165, 1.54) is 4.90 Å². The fraction of sp³-hybridized carbons (Fsp3) is 0.500. The zero-order valence-electron chi connectivity index (χ0n) is 10.8. The van der Waals surface area contributed by atoms with Gasteiger partial charge in [0.15, 0.2) is 6.61 Å². The Bertz CT molecular complexity index is 391. The number of hydrogen-bond acceptors (Lipinski definition) is 4. The third-order valence-electron chi connectivity index (χ3n) is 2.27. The second-order valence-electron chi connectivity index (χ2n) is 4.00. The summed E-state index contributed by atoms with van der Waals surface area (Å²) in [7, 11) is 5.25. The molecular formula is C12H19N3O2. The first-order chi connectivity index (χ1) is 8.04. The van der Waals surface area contributed by atoms with E-state index >= 15 is 0 Å². The Hall–Kier alpha value is -1.62. The third kappa shape index (κ3) is 4.03. The second-order valence-corrected chi connectivity index (χ2v) is 4.00. The molecule has 0 saturated heterocycles. The Morgan fingerprint density at radius 1 is 1.47 bits per heavy atom. The Balaban J connectivity index is 2.72. The molecule has 0 aromatic carbocycles. The average Bonchev–Trinajstić information content (AvgIpc) is 2.28. The van der Waals surface area contributed by atoms with Crippen LogP contribution in [0.1, 0.15) is 11.4 Å². The first-order valence-corrected chi connectivity index (χ1v) is 5.48. The number of rotatable bonds is 5. The molecule has 0 saturated carbocycles. The normalized spacial score (nSPS) is 10.1. The Morgan fingerprint density at radius 2 is 2.18 bits per heavy atom. The first-order valence-electron chi connectivity index (χ1n) is 5.48. The maximum absolute atomic E-state index is 11.4. The smallest absolute Gasteiger partial charge is 0.259 e. The van der Waals surface area contributed by atoms with Crippen molar-refractivity contribution in [3.05, 3.63) is 23.5 Å². The largest absolute Gasteiger partial charge is 0.482 e. The summed E-state index contributed by atoms with van der Waals surface area (Å²) < 4.78 is 5.47. The summed E-state index contributed by atoms with van der Waals surface area (Å²) in [6.45, 7) is 2.58. The van der Waals surface area contributed by atoms with Gasteiger partial charge in [0.2, 0.25) is 0 Å². The number of pyridine rings is 1. The van der Waals surface area contributed by atoms with Crippen molar-refractivity contribution < 1.29 is 9.53 Å². The van der Waals surface area contributed by atoms with Crippen LogP contribution in [0, 0.1) is 6.92 Å². The lowest BCUT2D eigenvalue weighted by Crippen LogP contribution is -2.28. The molecule has 5 nitrogen and oxygen atoms in total. The Labute approximate surface area is 102 Å². The number of likely N-dealkylation sites (N-methyl/N-ethyl adjacent to an activating group) is 1. The van der Waals surface area contributed by atoms with Crippen molar-refractivity contribution in [2.24, 2.45) is 0 Å². The lowest BCUT2D eigenvalue weighted by Gasteiger charge is -2.13. The van der Waals surface area contributed by atoms with Crippen LogP contribution in [-0.4, -0.2) is 43.5 Å². The topological polar surface area (TPSA) is 54.5 Å². The molecule has 0 radical (unpaired) electrons. The summed E-state index contributed by atoms with van der Waals surface area (Å²) in [6.07, 6.45) is 0. The minimum atomic E-state index is -0.0685. The van der Waals surface area contributed by atoms with E-state index < -0.39 is 0 Å². The van der Waals surface area contributed by atoms with Gasteiger partial charge in [0.05, 0.1) is 5.69 Å². The minimum Gasteiger partial charge on any atom is -0.482 e. The van der Waals surface area contributed by atoms with Crippen LogP contribution in [0.5, 0.6) is 5.75 Å². The fourth-order valence-corrected chi connectivity index (χ4v) is 1.29. The highest BCUT2D eigenvalue weighted by Crippen LogP contribution is 2.16. The molecule has 1 rings (SSSR count). The maximum atomic E-state index is 11.4. The van der Waals surface area contributed by atoms with E-state index in [0.717, 1.165) is 11.4 Å². The molecular weight excluding hydrogens is 218 g/mol. The molecule has 0 aliphatic rings. The molecule has 5 heteroatoms. The SMILES string of the molecule is CNCc1nc(C)ccc1OCC(=O)N(C)C. The number of hydrogen-bond donors (Lipinski definition) is 1. The number of carbonyl (C=O) groups excluding carboxylic acids is 1. The molecule has 1 heterocycles. The van der Waals surface area contributed by atoms with Crippen LogP contribution < -0.4 is 10.1 Å². The van der Waals surface area contributed by atoms with Crippen LogP contribution >= 0.6 is 0 Å². The van der Waals surface area contributed by atoms with Crippen LogP contribution in [-0.2, 0) is 11.3 Å². The van der Waals surface area contributed by atoms with Gasteiger partial charge < -0.3 is 15.0 Å². The highest BCUT2D eigenvalue weighted by atomic mass is 16.5. The molecule has 1 aromatic heterocycles. The summed E-state index contributed by atoms with van der Waals surface area (Å²) in [4.78, 5) is 17.3. The molecule has 0 bridgehead atoms. The predicted molar refractivity (Wildman–Crippen MR) is 65.9 cm³/mol. The molecule has 1 N–H and O–H groups in total. The molecule has 0 aliphatic heterocycles. The zero-order chi connectivity index (χ0) is 12.8. The zero-order valence-corrected chi connectivity index (χ0v) is 10.8. The van der Waals surface area contributed by atoms with E-state index in [0.29, 0.717) is 12.3 Å². The van der Waals surface area contributed by atoms with Gasteiger partial charge in [0, 0.05) is 26.3 Å². The van der Waals surface area contributed by atoms with Gasteiger partial charge in [-0.3, -0.25) is 9.78 Å². The number of aromatic nitrogens is 1. The maximum Gasteiger partial charge on any atom is 0.259 e. The van der Waals surface area contributed by atoms with E-state index in [1.807, 2.05) is 26.1 Å². The highest BCUT2D eigenvalue weighted by molar-refractivity contribution is 5.77. The summed E-state index contributed by atoms with van der Waals surface area (Å²) in [6, 6.07) is 3.71. The van der Waals surface area contributed by atoms with Gasteiger partial charge in [-0.2, -0.15) is 0 Å². The van der Waals surface area contributed by atoms with Gasteiger partial charge in [-0.1, -0.05) is 0 Å². The van der Waals surface area contributed by atoms with Crippen molar-refractivity contribution in [2.45, 2.75) is 13.5 Å². The first kappa shape index (κ1) is 13.4. The van der Waals surface area contributed by atoms with E-state index in [1.54, 1.807) is 14.1 Å². The second kappa shape index (κ2) is 6.20. The number of ether oxygens (including phenoxy) is 1. The average molecular weight is 237 g/mol. The summed E-state index contributed by atoms with van der Waals surface area (Å²) >= 11 is 0. The number of carbonyl (C=O) groups is 1. The molecule has 0 fully saturated rings. The van der Waals surface area contributed by atoms with Crippen molar-refractivity contribution >= 4 is 5.91 Å². The van der Waals surface area contributed by atoms with Crippen LogP contribution in [0.3, 0.4) is 0 Å². The predicted octanol–water partition coefficient (Wildman–Crippen LogP) is 0.576. The Morgan fingerprint density at radius 3 is 2.76 bits per heavy atom. The van der Waals surface area contributed by atoms with Crippen LogP contribution in [0.4, 0.5) is 0 Å². The van der Waals surface area contributed by atoms with Gasteiger partial charge >= 0.3 is 0 Å². The monoisotopic (exact) mass is 237 g/mol. The minimum absolute atomic E-state index is 0.0362.